The zero-order valence-electron chi connectivity index (χ0n) is 10.4. The van der Waals surface area contributed by atoms with Crippen LogP contribution in [-0.4, -0.2) is 29.7 Å². The third kappa shape index (κ3) is 2.13. The summed E-state index contributed by atoms with van der Waals surface area (Å²) in [4.78, 5) is 10.6. The van der Waals surface area contributed by atoms with E-state index in [1.807, 2.05) is 0 Å². The minimum absolute atomic E-state index is 0.0130. The fraction of sp³-hybridized carbons (Fsp3) is 0.500. The van der Waals surface area contributed by atoms with E-state index in [2.05, 4.69) is 5.32 Å². The molecule has 8 heteroatoms. The predicted molar refractivity (Wildman–Crippen MR) is 76.3 cm³/mol. The highest BCUT2D eigenvalue weighted by Gasteiger charge is 2.52. The van der Waals surface area contributed by atoms with Gasteiger partial charge in [0, 0.05) is 24.6 Å². The molecule has 1 aliphatic heterocycles. The van der Waals surface area contributed by atoms with Crippen molar-refractivity contribution >= 4 is 34.6 Å². The van der Waals surface area contributed by atoms with Crippen molar-refractivity contribution in [2.45, 2.75) is 24.6 Å². The number of nitro groups is 1. The molecule has 0 bridgehead atoms. The molecular formula is C12H13Cl2N3O3. The van der Waals surface area contributed by atoms with E-state index >= 15 is 0 Å². The third-order valence-electron chi connectivity index (χ3n) is 4.00. The number of rotatable bonds is 3. The molecule has 4 atom stereocenters. The van der Waals surface area contributed by atoms with Gasteiger partial charge in [-0.05, 0) is 12.5 Å². The number of hydrogen-bond donors (Lipinski definition) is 2. The van der Waals surface area contributed by atoms with Crippen LogP contribution in [0.25, 0.3) is 0 Å². The molecule has 0 aromatic heterocycles. The molecule has 0 radical (unpaired) electrons. The zero-order valence-corrected chi connectivity index (χ0v) is 11.9. The molecule has 1 aromatic carbocycles. The smallest absolute Gasteiger partial charge is 0.293 e. The van der Waals surface area contributed by atoms with Gasteiger partial charge in [0.25, 0.3) is 5.69 Å². The summed E-state index contributed by atoms with van der Waals surface area (Å²) in [6, 6.07) is 2.48. The van der Waals surface area contributed by atoms with Crippen LogP contribution in [-0.2, 0) is 4.74 Å². The predicted octanol–water partition coefficient (Wildman–Crippen LogP) is 2.43. The molecule has 3 rings (SSSR count). The highest BCUT2D eigenvalue weighted by molar-refractivity contribution is 6.42. The molecule has 6 nitrogen and oxygen atoms in total. The standard InChI is InChI=1S/C12H13Cl2N3O3/c13-6-3-8(9(17(18)19)4-7(6)14)16-11-10(15)5-1-2-20-12(5)11/h3-5,10-12,16H,1-2,15H2. The molecule has 4 unspecified atom stereocenters. The van der Waals surface area contributed by atoms with E-state index in [0.717, 1.165) is 6.42 Å². The van der Waals surface area contributed by atoms with Crippen molar-refractivity contribution in [2.24, 2.45) is 11.7 Å². The third-order valence-corrected chi connectivity index (χ3v) is 4.73. The number of nitrogens with two attached hydrogens (primary N) is 1. The molecule has 20 heavy (non-hydrogen) atoms. The van der Waals surface area contributed by atoms with Crippen molar-refractivity contribution in [3.05, 3.63) is 32.3 Å². The van der Waals surface area contributed by atoms with Crippen LogP contribution < -0.4 is 11.1 Å². The minimum atomic E-state index is -0.498. The summed E-state index contributed by atoms with van der Waals surface area (Å²) in [6.45, 7) is 0.685. The Bertz CT molecular complexity index is 569. The van der Waals surface area contributed by atoms with Crippen molar-refractivity contribution in [1.29, 1.82) is 0 Å². The lowest BCUT2D eigenvalue weighted by molar-refractivity contribution is -0.384. The highest BCUT2D eigenvalue weighted by Crippen LogP contribution is 2.41. The van der Waals surface area contributed by atoms with Crippen molar-refractivity contribution in [1.82, 2.24) is 0 Å². The molecule has 3 N–H and O–H groups in total. The van der Waals surface area contributed by atoms with Gasteiger partial charge in [0.2, 0.25) is 0 Å². The number of halogens is 2. The van der Waals surface area contributed by atoms with Crippen LogP contribution in [0.15, 0.2) is 12.1 Å². The molecule has 1 aliphatic carbocycles. The van der Waals surface area contributed by atoms with Gasteiger partial charge >= 0.3 is 0 Å². The summed E-state index contributed by atoms with van der Waals surface area (Å²) < 4.78 is 5.59. The molecule has 1 aromatic rings. The Kier molecular flexibility index (Phi) is 3.50. The summed E-state index contributed by atoms with van der Waals surface area (Å²) in [5, 5.41) is 14.6. The van der Waals surface area contributed by atoms with Gasteiger partial charge in [-0.3, -0.25) is 10.1 Å². The van der Waals surface area contributed by atoms with Gasteiger partial charge in [0.15, 0.2) is 0 Å². The average molecular weight is 318 g/mol. The number of ether oxygens (including phenoxy) is 1. The first-order valence-corrected chi connectivity index (χ1v) is 7.02. The number of benzene rings is 1. The number of nitro benzene ring substituents is 1. The van der Waals surface area contributed by atoms with Gasteiger partial charge < -0.3 is 15.8 Å². The lowest BCUT2D eigenvalue weighted by atomic mass is 9.72. The zero-order chi connectivity index (χ0) is 14.4. The van der Waals surface area contributed by atoms with Gasteiger partial charge in [-0.25, -0.2) is 0 Å². The molecule has 108 valence electrons. The Balaban J connectivity index is 1.87. The van der Waals surface area contributed by atoms with E-state index in [-0.39, 0.29) is 33.9 Å². The molecule has 1 heterocycles. The molecular weight excluding hydrogens is 305 g/mol. The molecule has 2 fully saturated rings. The second kappa shape index (κ2) is 5.04. The van der Waals surface area contributed by atoms with Crippen LogP contribution in [0.1, 0.15) is 6.42 Å². The van der Waals surface area contributed by atoms with Gasteiger partial charge in [-0.15, -0.1) is 0 Å². The summed E-state index contributed by atoms with van der Waals surface area (Å²) in [5.74, 6) is 0.328. The average Bonchev–Trinajstić information content (AvgIpc) is 2.83. The van der Waals surface area contributed by atoms with Crippen LogP contribution in [0, 0.1) is 16.0 Å². The second-order valence-corrected chi connectivity index (χ2v) is 5.89. The molecule has 2 aliphatic rings. The van der Waals surface area contributed by atoms with E-state index < -0.39 is 4.92 Å². The SMILES string of the molecule is NC1C2CCOC2C1Nc1cc(Cl)c(Cl)cc1[N+](=O)[O-]. The number of nitrogens with zero attached hydrogens (tertiary/aromatic N) is 1. The molecule has 1 saturated heterocycles. The van der Waals surface area contributed by atoms with Crippen LogP contribution in [0.2, 0.25) is 10.0 Å². The molecule has 0 amide bonds. The van der Waals surface area contributed by atoms with E-state index in [1.54, 1.807) is 0 Å². The second-order valence-electron chi connectivity index (χ2n) is 5.08. The van der Waals surface area contributed by atoms with Crippen LogP contribution in [0.4, 0.5) is 11.4 Å². The first kappa shape index (κ1) is 13.9. The van der Waals surface area contributed by atoms with Crippen molar-refractivity contribution in [3.63, 3.8) is 0 Å². The van der Waals surface area contributed by atoms with Crippen LogP contribution in [0.3, 0.4) is 0 Å². The van der Waals surface area contributed by atoms with Crippen molar-refractivity contribution < 1.29 is 9.66 Å². The Hall–Kier alpha value is -1.08. The Morgan fingerprint density at radius 1 is 1.40 bits per heavy atom. The maximum absolute atomic E-state index is 11.1. The normalized spacial score (nSPS) is 31.6. The topological polar surface area (TPSA) is 90.4 Å². The van der Waals surface area contributed by atoms with Crippen molar-refractivity contribution in [3.8, 4) is 0 Å². The summed E-state index contributed by atoms with van der Waals surface area (Å²) in [7, 11) is 0. The number of anilines is 1. The number of fused-ring (bicyclic) bond motifs is 1. The van der Waals surface area contributed by atoms with Gasteiger partial charge in [-0.1, -0.05) is 23.2 Å². The first-order valence-electron chi connectivity index (χ1n) is 6.26. The summed E-state index contributed by atoms with van der Waals surface area (Å²) in [6.07, 6.45) is 0.951. The summed E-state index contributed by atoms with van der Waals surface area (Å²) in [5.41, 5.74) is 6.28. The molecule has 0 spiro atoms. The van der Waals surface area contributed by atoms with Gasteiger partial charge in [0.1, 0.15) is 5.69 Å². The van der Waals surface area contributed by atoms with Crippen LogP contribution in [0.5, 0.6) is 0 Å². The first-order chi connectivity index (χ1) is 9.49. The largest absolute Gasteiger partial charge is 0.376 e. The van der Waals surface area contributed by atoms with Crippen LogP contribution >= 0.6 is 23.2 Å². The van der Waals surface area contributed by atoms with E-state index in [4.69, 9.17) is 33.7 Å². The van der Waals surface area contributed by atoms with Crippen molar-refractivity contribution in [2.75, 3.05) is 11.9 Å². The summed E-state index contributed by atoms with van der Waals surface area (Å²) >= 11 is 11.7. The Morgan fingerprint density at radius 2 is 2.10 bits per heavy atom. The number of hydrogen-bond acceptors (Lipinski definition) is 5. The lowest BCUT2D eigenvalue weighted by Gasteiger charge is -2.46. The maximum atomic E-state index is 11.1. The van der Waals surface area contributed by atoms with E-state index in [1.165, 1.54) is 12.1 Å². The number of nitrogens with one attached hydrogen (secondary N) is 1. The Labute approximate surface area is 125 Å². The highest BCUT2D eigenvalue weighted by atomic mass is 35.5. The maximum Gasteiger partial charge on any atom is 0.293 e. The lowest BCUT2D eigenvalue weighted by Crippen LogP contribution is -2.65. The quantitative estimate of drug-likeness (QED) is 0.660. The Morgan fingerprint density at radius 3 is 2.80 bits per heavy atom. The van der Waals surface area contributed by atoms with Gasteiger partial charge in [0.05, 0.1) is 27.1 Å². The van der Waals surface area contributed by atoms with E-state index in [0.29, 0.717) is 18.2 Å². The monoisotopic (exact) mass is 317 g/mol. The van der Waals surface area contributed by atoms with Gasteiger partial charge in [-0.2, -0.15) is 0 Å². The fourth-order valence-corrected chi connectivity index (χ4v) is 3.23. The minimum Gasteiger partial charge on any atom is -0.376 e. The molecule has 1 saturated carbocycles. The fourth-order valence-electron chi connectivity index (χ4n) is 2.91. The van der Waals surface area contributed by atoms with E-state index in [9.17, 15) is 10.1 Å².